The summed E-state index contributed by atoms with van der Waals surface area (Å²) in [6.45, 7) is 3.40. The van der Waals surface area contributed by atoms with Crippen molar-refractivity contribution in [3.63, 3.8) is 0 Å². The highest BCUT2D eigenvalue weighted by Crippen LogP contribution is 2.16. The lowest BCUT2D eigenvalue weighted by Crippen LogP contribution is -2.49. The minimum Gasteiger partial charge on any atom is -0.351 e. The van der Waals surface area contributed by atoms with Crippen LogP contribution in [0.25, 0.3) is 0 Å². The number of rotatable bonds is 8. The molecule has 0 spiro atoms. The van der Waals surface area contributed by atoms with E-state index in [0.29, 0.717) is 5.56 Å². The van der Waals surface area contributed by atoms with Crippen molar-refractivity contribution in [1.82, 2.24) is 10.0 Å². The van der Waals surface area contributed by atoms with Crippen LogP contribution in [0.15, 0.2) is 58.3 Å². The van der Waals surface area contributed by atoms with Gasteiger partial charge in [-0.2, -0.15) is 4.72 Å². The predicted octanol–water partition coefficient (Wildman–Crippen LogP) is 1.85. The molecule has 0 fully saturated rings. The average molecular weight is 443 g/mol. The lowest BCUT2D eigenvalue weighted by Gasteiger charge is -2.22. The molecule has 0 aliphatic carbocycles. The standard InChI is InChI=1S/C19H23FN2O5S2/c1-13(2)18(22-29(26,27)17-7-5-4-6-16(17)20)19(23)21-12-14-8-10-15(11-9-14)28(3,24)25/h4-11,13,18,22H,12H2,1-3H3,(H,21,23)/t18-/m0/s1. The molecule has 0 heterocycles. The van der Waals surface area contributed by atoms with Gasteiger partial charge in [-0.15, -0.1) is 0 Å². The third-order valence-electron chi connectivity index (χ3n) is 4.18. The van der Waals surface area contributed by atoms with E-state index in [1.165, 1.54) is 24.3 Å². The number of nitrogens with one attached hydrogen (secondary N) is 2. The first kappa shape index (κ1) is 23.0. The molecule has 2 N–H and O–H groups in total. The van der Waals surface area contributed by atoms with Gasteiger partial charge in [0, 0.05) is 12.8 Å². The quantitative estimate of drug-likeness (QED) is 0.648. The maximum Gasteiger partial charge on any atom is 0.244 e. The molecule has 0 radical (unpaired) electrons. The van der Waals surface area contributed by atoms with Gasteiger partial charge in [-0.1, -0.05) is 38.1 Å². The van der Waals surface area contributed by atoms with E-state index in [1.54, 1.807) is 26.0 Å². The van der Waals surface area contributed by atoms with Crippen molar-refractivity contribution in [3.05, 3.63) is 59.9 Å². The number of benzene rings is 2. The minimum atomic E-state index is -4.24. The molecular weight excluding hydrogens is 419 g/mol. The summed E-state index contributed by atoms with van der Waals surface area (Å²) in [4.78, 5) is 12.2. The number of amides is 1. The molecule has 7 nitrogen and oxygen atoms in total. The molecule has 0 aromatic heterocycles. The lowest BCUT2D eigenvalue weighted by atomic mass is 10.0. The molecule has 29 heavy (non-hydrogen) atoms. The van der Waals surface area contributed by atoms with Crippen LogP contribution < -0.4 is 10.0 Å². The summed E-state index contributed by atoms with van der Waals surface area (Å²) in [6.07, 6.45) is 1.10. The number of sulfonamides is 1. The predicted molar refractivity (Wildman–Crippen MR) is 107 cm³/mol. The van der Waals surface area contributed by atoms with Crippen molar-refractivity contribution in [1.29, 1.82) is 0 Å². The van der Waals surface area contributed by atoms with Crippen LogP contribution in [0.3, 0.4) is 0 Å². The summed E-state index contributed by atoms with van der Waals surface area (Å²) in [5.41, 5.74) is 0.644. The summed E-state index contributed by atoms with van der Waals surface area (Å²) in [5, 5.41) is 2.62. The normalized spacial score (nSPS) is 13.3. The molecule has 10 heteroatoms. The van der Waals surface area contributed by atoms with E-state index >= 15 is 0 Å². The van der Waals surface area contributed by atoms with Crippen LogP contribution in [-0.2, 0) is 31.2 Å². The smallest absolute Gasteiger partial charge is 0.244 e. The van der Waals surface area contributed by atoms with Gasteiger partial charge in [0.15, 0.2) is 9.84 Å². The molecule has 158 valence electrons. The van der Waals surface area contributed by atoms with Gasteiger partial charge >= 0.3 is 0 Å². The van der Waals surface area contributed by atoms with Gasteiger partial charge < -0.3 is 5.32 Å². The Bertz CT molecular complexity index is 1080. The SMILES string of the molecule is CC(C)[C@H](NS(=O)(=O)c1ccccc1F)C(=O)NCc1ccc(S(C)(=O)=O)cc1. The van der Waals surface area contributed by atoms with Gasteiger partial charge in [-0.25, -0.2) is 21.2 Å². The zero-order chi connectivity index (χ0) is 21.8. The highest BCUT2D eigenvalue weighted by Gasteiger charge is 2.29. The van der Waals surface area contributed by atoms with Crippen LogP contribution in [-0.4, -0.2) is 35.0 Å². The third kappa shape index (κ3) is 6.09. The van der Waals surface area contributed by atoms with E-state index in [2.05, 4.69) is 10.0 Å². The third-order valence-corrected chi connectivity index (χ3v) is 6.78. The fourth-order valence-electron chi connectivity index (χ4n) is 2.54. The molecule has 2 aromatic carbocycles. The Hall–Kier alpha value is -2.30. The molecule has 0 bridgehead atoms. The van der Waals surface area contributed by atoms with Crippen molar-refractivity contribution < 1.29 is 26.0 Å². The van der Waals surface area contributed by atoms with E-state index in [4.69, 9.17) is 0 Å². The summed E-state index contributed by atoms with van der Waals surface area (Å²) in [7, 11) is -7.56. The molecule has 2 rings (SSSR count). The Morgan fingerprint density at radius 1 is 1.00 bits per heavy atom. The molecule has 0 saturated heterocycles. The first-order valence-corrected chi connectivity index (χ1v) is 12.1. The maximum atomic E-state index is 13.9. The molecule has 1 atom stereocenters. The van der Waals surface area contributed by atoms with E-state index < -0.39 is 48.4 Å². The highest BCUT2D eigenvalue weighted by atomic mass is 32.2. The summed E-state index contributed by atoms with van der Waals surface area (Å²) in [6, 6.07) is 9.77. The van der Waals surface area contributed by atoms with Crippen molar-refractivity contribution in [2.75, 3.05) is 6.26 Å². The van der Waals surface area contributed by atoms with Crippen LogP contribution in [0.4, 0.5) is 4.39 Å². The zero-order valence-corrected chi connectivity index (χ0v) is 17.8. The number of carbonyl (C=O) groups is 1. The van der Waals surface area contributed by atoms with Crippen LogP contribution in [0.2, 0.25) is 0 Å². The number of carbonyl (C=O) groups excluding carboxylic acids is 1. The van der Waals surface area contributed by atoms with Gasteiger partial charge in [-0.3, -0.25) is 4.79 Å². The van der Waals surface area contributed by atoms with E-state index in [-0.39, 0.29) is 11.4 Å². The molecule has 2 aromatic rings. The number of sulfone groups is 1. The lowest BCUT2D eigenvalue weighted by molar-refractivity contribution is -0.123. The molecular formula is C19H23FN2O5S2. The van der Waals surface area contributed by atoms with Gasteiger partial charge in [0.25, 0.3) is 0 Å². The Morgan fingerprint density at radius 3 is 2.10 bits per heavy atom. The summed E-state index contributed by atoms with van der Waals surface area (Å²) < 4.78 is 64.1. The fraction of sp³-hybridized carbons (Fsp3) is 0.316. The zero-order valence-electron chi connectivity index (χ0n) is 16.2. The van der Waals surface area contributed by atoms with Gasteiger partial charge in [-0.05, 0) is 35.7 Å². The molecule has 0 saturated carbocycles. The Labute approximate surface area is 170 Å². The summed E-state index contributed by atoms with van der Waals surface area (Å²) in [5.74, 6) is -1.88. The fourth-order valence-corrected chi connectivity index (χ4v) is 4.59. The van der Waals surface area contributed by atoms with E-state index in [9.17, 15) is 26.0 Å². The molecule has 0 aliphatic heterocycles. The van der Waals surface area contributed by atoms with E-state index in [1.807, 2.05) is 0 Å². The monoisotopic (exact) mass is 442 g/mol. The van der Waals surface area contributed by atoms with E-state index in [0.717, 1.165) is 18.4 Å². The first-order chi connectivity index (χ1) is 13.4. The maximum absolute atomic E-state index is 13.9. The van der Waals surface area contributed by atoms with Gasteiger partial charge in [0.2, 0.25) is 15.9 Å². The largest absolute Gasteiger partial charge is 0.351 e. The Morgan fingerprint density at radius 2 is 1.59 bits per heavy atom. The van der Waals surface area contributed by atoms with Crippen LogP contribution in [0.5, 0.6) is 0 Å². The van der Waals surface area contributed by atoms with Crippen LogP contribution in [0.1, 0.15) is 19.4 Å². The van der Waals surface area contributed by atoms with Gasteiger partial charge in [0.1, 0.15) is 16.8 Å². The van der Waals surface area contributed by atoms with Crippen molar-refractivity contribution >= 4 is 25.8 Å². The topological polar surface area (TPSA) is 109 Å². The van der Waals surface area contributed by atoms with Crippen molar-refractivity contribution in [2.24, 2.45) is 5.92 Å². The van der Waals surface area contributed by atoms with Crippen molar-refractivity contribution in [3.8, 4) is 0 Å². The second-order valence-electron chi connectivity index (χ2n) is 6.91. The molecule has 0 aliphatic rings. The average Bonchev–Trinajstić information content (AvgIpc) is 2.64. The number of hydrogen-bond acceptors (Lipinski definition) is 5. The molecule has 0 unspecified atom stereocenters. The first-order valence-electron chi connectivity index (χ1n) is 8.75. The summed E-state index contributed by atoms with van der Waals surface area (Å²) >= 11 is 0. The van der Waals surface area contributed by atoms with Crippen LogP contribution >= 0.6 is 0 Å². The van der Waals surface area contributed by atoms with Gasteiger partial charge in [0.05, 0.1) is 4.90 Å². The minimum absolute atomic E-state index is 0.0769. The Balaban J connectivity index is 2.11. The number of hydrogen-bond donors (Lipinski definition) is 2. The van der Waals surface area contributed by atoms with Crippen molar-refractivity contribution in [2.45, 2.75) is 36.2 Å². The second-order valence-corrected chi connectivity index (χ2v) is 10.6. The second kappa shape index (κ2) is 9.02. The number of halogens is 1. The highest BCUT2D eigenvalue weighted by molar-refractivity contribution is 7.90. The molecule has 1 amide bonds. The van der Waals surface area contributed by atoms with Crippen LogP contribution in [0, 0.1) is 11.7 Å². The Kier molecular flexibility index (Phi) is 7.15.